The molecule has 1 heterocycles. The smallest absolute Gasteiger partial charge is 0.223 e. The van der Waals surface area contributed by atoms with Gasteiger partial charge in [-0.3, -0.25) is 4.79 Å². The molecule has 2 fully saturated rings. The van der Waals surface area contributed by atoms with Gasteiger partial charge in [0.15, 0.2) is 11.5 Å². The van der Waals surface area contributed by atoms with Crippen molar-refractivity contribution in [2.45, 2.75) is 50.7 Å². The molecule has 1 aliphatic carbocycles. The van der Waals surface area contributed by atoms with E-state index in [1.54, 1.807) is 30.2 Å². The second-order valence-electron chi connectivity index (χ2n) is 7.70. The zero-order valence-corrected chi connectivity index (χ0v) is 16.2. The van der Waals surface area contributed by atoms with E-state index in [0.717, 1.165) is 29.9 Å². The van der Waals surface area contributed by atoms with Gasteiger partial charge in [0.2, 0.25) is 5.91 Å². The van der Waals surface area contributed by atoms with Crippen LogP contribution >= 0.6 is 0 Å². The molecule has 0 spiro atoms. The second-order valence-corrected chi connectivity index (χ2v) is 7.70. The highest BCUT2D eigenvalue weighted by Crippen LogP contribution is 2.37. The average Bonchev–Trinajstić information content (AvgIpc) is 3.34. The van der Waals surface area contributed by atoms with Gasteiger partial charge in [-0.05, 0) is 49.4 Å². The lowest BCUT2D eigenvalue weighted by Crippen LogP contribution is -2.24. The molecule has 4 nitrogen and oxygen atoms in total. The van der Waals surface area contributed by atoms with Crippen molar-refractivity contribution < 1.29 is 18.7 Å². The Kier molecular flexibility index (Phi) is 5.51. The van der Waals surface area contributed by atoms with E-state index >= 15 is 0 Å². The molecule has 1 saturated heterocycles. The first-order valence-electron chi connectivity index (χ1n) is 10.00. The molecule has 2 aliphatic rings. The second kappa shape index (κ2) is 8.21. The molecule has 0 bridgehead atoms. The van der Waals surface area contributed by atoms with Crippen LogP contribution in [0.5, 0.6) is 11.5 Å². The SMILES string of the molecule is COc1ccc([C@H]2CC(=O)N(Cc3ccccc3F)C2)cc1OC1CCCC1. The van der Waals surface area contributed by atoms with Crippen molar-refractivity contribution in [3.05, 3.63) is 59.4 Å². The summed E-state index contributed by atoms with van der Waals surface area (Å²) in [5.74, 6) is 1.35. The molecule has 0 unspecified atom stereocenters. The Labute approximate surface area is 165 Å². The number of nitrogens with zero attached hydrogens (tertiary/aromatic N) is 1. The minimum absolute atomic E-state index is 0.0577. The van der Waals surface area contributed by atoms with E-state index in [9.17, 15) is 9.18 Å². The lowest BCUT2D eigenvalue weighted by molar-refractivity contribution is -0.128. The summed E-state index contributed by atoms with van der Waals surface area (Å²) in [5, 5.41) is 0. The van der Waals surface area contributed by atoms with E-state index in [0.29, 0.717) is 25.1 Å². The van der Waals surface area contributed by atoms with E-state index in [2.05, 4.69) is 0 Å². The highest BCUT2D eigenvalue weighted by Gasteiger charge is 2.31. The molecule has 28 heavy (non-hydrogen) atoms. The predicted octanol–water partition coefficient (Wildman–Crippen LogP) is 4.67. The first kappa shape index (κ1) is 18.8. The van der Waals surface area contributed by atoms with Crippen molar-refractivity contribution in [2.24, 2.45) is 0 Å². The lowest BCUT2D eigenvalue weighted by Gasteiger charge is -2.19. The lowest BCUT2D eigenvalue weighted by atomic mass is 9.98. The van der Waals surface area contributed by atoms with Crippen LogP contribution < -0.4 is 9.47 Å². The third-order valence-corrected chi connectivity index (χ3v) is 5.79. The normalized spacial score (nSPS) is 20.0. The summed E-state index contributed by atoms with van der Waals surface area (Å²) in [4.78, 5) is 14.2. The van der Waals surface area contributed by atoms with Crippen LogP contribution in [0.3, 0.4) is 0 Å². The molecule has 2 aromatic rings. The minimum Gasteiger partial charge on any atom is -0.493 e. The van der Waals surface area contributed by atoms with Gasteiger partial charge >= 0.3 is 0 Å². The summed E-state index contributed by atoms with van der Waals surface area (Å²) in [7, 11) is 1.64. The number of benzene rings is 2. The fourth-order valence-corrected chi connectivity index (χ4v) is 4.21. The summed E-state index contributed by atoms with van der Waals surface area (Å²) in [6, 6.07) is 12.6. The highest BCUT2D eigenvalue weighted by atomic mass is 19.1. The quantitative estimate of drug-likeness (QED) is 0.728. The number of rotatable bonds is 6. The summed E-state index contributed by atoms with van der Waals surface area (Å²) < 4.78 is 25.6. The Morgan fingerprint density at radius 1 is 1.11 bits per heavy atom. The molecule has 0 aromatic heterocycles. The van der Waals surface area contributed by atoms with Crippen LogP contribution in [-0.2, 0) is 11.3 Å². The number of methoxy groups -OCH3 is 1. The molecule has 1 saturated carbocycles. The summed E-state index contributed by atoms with van der Waals surface area (Å²) >= 11 is 0. The Morgan fingerprint density at radius 3 is 2.64 bits per heavy atom. The van der Waals surface area contributed by atoms with Gasteiger partial charge in [0.25, 0.3) is 0 Å². The van der Waals surface area contributed by atoms with E-state index in [4.69, 9.17) is 9.47 Å². The first-order chi connectivity index (χ1) is 13.6. The number of hydrogen-bond acceptors (Lipinski definition) is 3. The first-order valence-corrected chi connectivity index (χ1v) is 10.00. The van der Waals surface area contributed by atoms with Crippen LogP contribution in [0, 0.1) is 5.82 Å². The number of ether oxygens (including phenoxy) is 2. The zero-order valence-electron chi connectivity index (χ0n) is 16.2. The van der Waals surface area contributed by atoms with Gasteiger partial charge in [-0.2, -0.15) is 0 Å². The van der Waals surface area contributed by atoms with Crippen molar-refractivity contribution in [3.63, 3.8) is 0 Å². The van der Waals surface area contributed by atoms with Crippen molar-refractivity contribution in [2.75, 3.05) is 13.7 Å². The Morgan fingerprint density at radius 2 is 1.89 bits per heavy atom. The van der Waals surface area contributed by atoms with E-state index < -0.39 is 0 Å². The van der Waals surface area contributed by atoms with E-state index in [1.165, 1.54) is 18.9 Å². The van der Waals surface area contributed by atoms with Crippen LogP contribution in [0.25, 0.3) is 0 Å². The molecule has 148 valence electrons. The molecule has 4 rings (SSSR count). The maximum absolute atomic E-state index is 14.0. The number of hydrogen-bond donors (Lipinski definition) is 0. The molecule has 2 aromatic carbocycles. The predicted molar refractivity (Wildman–Crippen MR) is 105 cm³/mol. The van der Waals surface area contributed by atoms with Gasteiger partial charge in [0.1, 0.15) is 5.82 Å². The third kappa shape index (κ3) is 3.98. The molecule has 0 N–H and O–H groups in total. The molecule has 1 aliphatic heterocycles. The van der Waals surface area contributed by atoms with Crippen molar-refractivity contribution in [1.29, 1.82) is 0 Å². The van der Waals surface area contributed by atoms with Gasteiger partial charge in [-0.25, -0.2) is 4.39 Å². The number of carbonyl (C=O) groups excluding carboxylic acids is 1. The monoisotopic (exact) mass is 383 g/mol. The van der Waals surface area contributed by atoms with Gasteiger partial charge in [-0.15, -0.1) is 0 Å². The summed E-state index contributed by atoms with van der Waals surface area (Å²) in [5.41, 5.74) is 1.62. The summed E-state index contributed by atoms with van der Waals surface area (Å²) in [6.45, 7) is 0.895. The van der Waals surface area contributed by atoms with Crippen LogP contribution in [0.4, 0.5) is 4.39 Å². The molecular weight excluding hydrogens is 357 g/mol. The van der Waals surface area contributed by atoms with Crippen LogP contribution in [-0.4, -0.2) is 30.6 Å². The Bertz CT molecular complexity index is 847. The molecule has 1 amide bonds. The van der Waals surface area contributed by atoms with Gasteiger partial charge in [0, 0.05) is 31.0 Å². The topological polar surface area (TPSA) is 38.8 Å². The molecule has 5 heteroatoms. The molecular formula is C23H26FNO3. The fourth-order valence-electron chi connectivity index (χ4n) is 4.21. The maximum Gasteiger partial charge on any atom is 0.223 e. The van der Waals surface area contributed by atoms with Gasteiger partial charge in [0.05, 0.1) is 13.2 Å². The number of amides is 1. The average molecular weight is 383 g/mol. The van der Waals surface area contributed by atoms with Crippen molar-refractivity contribution in [3.8, 4) is 11.5 Å². The minimum atomic E-state index is -0.268. The Hall–Kier alpha value is -2.56. The maximum atomic E-state index is 14.0. The molecule has 0 radical (unpaired) electrons. The molecule has 1 atom stereocenters. The summed E-state index contributed by atoms with van der Waals surface area (Å²) in [6.07, 6.45) is 5.23. The fraction of sp³-hybridized carbons (Fsp3) is 0.435. The van der Waals surface area contributed by atoms with Gasteiger partial charge < -0.3 is 14.4 Å². The van der Waals surface area contributed by atoms with E-state index in [1.807, 2.05) is 18.2 Å². The number of carbonyl (C=O) groups is 1. The standard InChI is InChI=1S/C23H26FNO3/c1-27-21-11-10-16(12-22(21)28-19-7-3-4-8-19)18-13-23(26)25(15-18)14-17-6-2-5-9-20(17)24/h2,5-6,9-12,18-19H,3-4,7-8,13-15H2,1H3/t18-/m0/s1. The Balaban J connectivity index is 1.49. The highest BCUT2D eigenvalue weighted by molar-refractivity contribution is 5.79. The van der Waals surface area contributed by atoms with Crippen molar-refractivity contribution >= 4 is 5.91 Å². The van der Waals surface area contributed by atoms with Crippen molar-refractivity contribution in [1.82, 2.24) is 4.90 Å². The zero-order chi connectivity index (χ0) is 19.5. The van der Waals surface area contributed by atoms with Gasteiger partial charge in [-0.1, -0.05) is 24.3 Å². The van der Waals surface area contributed by atoms with Crippen LogP contribution in [0.2, 0.25) is 0 Å². The van der Waals surface area contributed by atoms with Crippen LogP contribution in [0.15, 0.2) is 42.5 Å². The van der Waals surface area contributed by atoms with E-state index in [-0.39, 0.29) is 23.7 Å². The number of likely N-dealkylation sites (tertiary alicyclic amines) is 1. The third-order valence-electron chi connectivity index (χ3n) is 5.79. The largest absolute Gasteiger partial charge is 0.493 e. The van der Waals surface area contributed by atoms with Crippen LogP contribution in [0.1, 0.15) is 49.1 Å². The number of halogens is 1.